The molecule has 2 aromatic heterocycles. The summed E-state index contributed by atoms with van der Waals surface area (Å²) in [4.78, 5) is 42.2. The summed E-state index contributed by atoms with van der Waals surface area (Å²) in [6.07, 6.45) is 0.624. The first-order valence-electron chi connectivity index (χ1n) is 10.4. The fourth-order valence-electron chi connectivity index (χ4n) is 3.12. The molecule has 0 atom stereocenters. The maximum Gasteiger partial charge on any atom is 0.364 e. The van der Waals surface area contributed by atoms with Gasteiger partial charge in [-0.15, -0.1) is 0 Å². The second-order valence-electron chi connectivity index (χ2n) is 7.70. The first kappa shape index (κ1) is 23.0. The van der Waals surface area contributed by atoms with E-state index in [4.69, 9.17) is 4.74 Å². The van der Waals surface area contributed by atoms with E-state index in [-0.39, 0.29) is 11.6 Å². The third-order valence-corrected chi connectivity index (χ3v) is 5.20. The van der Waals surface area contributed by atoms with Crippen LogP contribution in [0.4, 0.5) is 0 Å². The highest BCUT2D eigenvalue weighted by molar-refractivity contribution is 5.93. The largest absolute Gasteiger partial charge is 0.422 e. The van der Waals surface area contributed by atoms with Crippen molar-refractivity contribution in [3.63, 3.8) is 0 Å². The zero-order valence-electron chi connectivity index (χ0n) is 19.2. The van der Waals surface area contributed by atoms with Crippen LogP contribution < -0.4 is 10.1 Å². The van der Waals surface area contributed by atoms with Crippen LogP contribution >= 0.6 is 0 Å². The Hall–Kier alpha value is -3.68. The Kier molecular flexibility index (Phi) is 6.92. The number of amides is 1. The summed E-state index contributed by atoms with van der Waals surface area (Å²) < 4.78 is 5.44. The van der Waals surface area contributed by atoms with Crippen LogP contribution in [0, 0.1) is 41.5 Å². The number of carbonyl (C=O) groups excluding carboxylic acids is 2. The predicted molar refractivity (Wildman–Crippen MR) is 120 cm³/mol. The summed E-state index contributed by atoms with van der Waals surface area (Å²) in [5.41, 5.74) is 5.75. The van der Waals surface area contributed by atoms with E-state index < -0.39 is 5.97 Å². The normalized spacial score (nSPS) is 10.7. The Morgan fingerprint density at radius 2 is 1.22 bits per heavy atom. The number of aryl methyl sites for hydroxylation is 6. The highest BCUT2D eigenvalue weighted by atomic mass is 16.5. The van der Waals surface area contributed by atoms with Crippen molar-refractivity contribution in [3.05, 3.63) is 75.4 Å². The number of nitrogens with one attached hydrogen (secondary N) is 1. The fraction of sp³-hybridized carbons (Fsp3) is 0.333. The SMILES string of the molecule is Cc1nc(C)c(C(=O)NCCc2ccc(OC(=O)c3nc(C)c(C)nc3C)cc2)nc1C. The van der Waals surface area contributed by atoms with Crippen LogP contribution in [-0.2, 0) is 6.42 Å². The Balaban J connectivity index is 1.56. The third-order valence-electron chi connectivity index (χ3n) is 5.20. The molecule has 2 heterocycles. The van der Waals surface area contributed by atoms with Crippen LogP contribution in [0.5, 0.6) is 5.75 Å². The zero-order valence-corrected chi connectivity index (χ0v) is 19.2. The monoisotopic (exact) mass is 433 g/mol. The maximum absolute atomic E-state index is 12.5. The van der Waals surface area contributed by atoms with Crippen molar-refractivity contribution in [1.82, 2.24) is 25.3 Å². The number of benzene rings is 1. The number of aromatic nitrogens is 4. The van der Waals surface area contributed by atoms with Gasteiger partial charge in [0.25, 0.3) is 5.91 Å². The molecule has 0 bridgehead atoms. The Bertz CT molecular complexity index is 1170. The molecule has 0 radical (unpaired) electrons. The molecule has 166 valence electrons. The molecule has 8 heteroatoms. The summed E-state index contributed by atoms with van der Waals surface area (Å²) in [6, 6.07) is 7.15. The van der Waals surface area contributed by atoms with Gasteiger partial charge in [0.15, 0.2) is 5.69 Å². The van der Waals surface area contributed by atoms with Crippen molar-refractivity contribution in [3.8, 4) is 5.75 Å². The van der Waals surface area contributed by atoms with Crippen LogP contribution in [0.2, 0.25) is 0 Å². The molecular weight excluding hydrogens is 406 g/mol. The molecule has 32 heavy (non-hydrogen) atoms. The molecule has 1 amide bonds. The second-order valence-corrected chi connectivity index (χ2v) is 7.70. The molecule has 0 spiro atoms. The molecule has 0 saturated heterocycles. The highest BCUT2D eigenvalue weighted by Crippen LogP contribution is 2.16. The minimum atomic E-state index is -0.539. The standard InChI is InChI=1S/C24H27N5O3/c1-13-15(3)28-21(17(5)26-13)23(30)25-12-11-19-7-9-20(10-8-19)32-24(31)22-18(6)27-14(2)16(4)29-22/h7-10H,11-12H2,1-6H3,(H,25,30). The van der Waals surface area contributed by atoms with E-state index in [9.17, 15) is 9.59 Å². The van der Waals surface area contributed by atoms with Crippen molar-refractivity contribution >= 4 is 11.9 Å². The summed E-state index contributed by atoms with van der Waals surface area (Å²) in [5.74, 6) is -0.361. The van der Waals surface area contributed by atoms with E-state index >= 15 is 0 Å². The second kappa shape index (κ2) is 9.64. The molecule has 1 N–H and O–H groups in total. The average Bonchev–Trinajstić information content (AvgIpc) is 2.74. The molecule has 0 aliphatic rings. The number of rotatable bonds is 6. The van der Waals surface area contributed by atoms with Crippen LogP contribution in [0.3, 0.4) is 0 Å². The van der Waals surface area contributed by atoms with Gasteiger partial charge in [0, 0.05) is 6.54 Å². The summed E-state index contributed by atoms with van der Waals surface area (Å²) in [6.45, 7) is 11.3. The minimum absolute atomic E-state index is 0.213. The van der Waals surface area contributed by atoms with E-state index in [0.717, 1.165) is 22.6 Å². The van der Waals surface area contributed by atoms with Crippen molar-refractivity contribution in [2.24, 2.45) is 0 Å². The van der Waals surface area contributed by atoms with Crippen LogP contribution in [0.15, 0.2) is 24.3 Å². The van der Waals surface area contributed by atoms with Crippen LogP contribution in [0.1, 0.15) is 60.7 Å². The van der Waals surface area contributed by atoms with Crippen LogP contribution in [0.25, 0.3) is 0 Å². The molecule has 1 aromatic carbocycles. The van der Waals surface area contributed by atoms with Gasteiger partial charge in [-0.2, -0.15) is 0 Å². The fourth-order valence-corrected chi connectivity index (χ4v) is 3.12. The number of esters is 1. The summed E-state index contributed by atoms with van der Waals surface area (Å²) in [5, 5.41) is 2.88. The van der Waals surface area contributed by atoms with E-state index in [2.05, 4.69) is 25.3 Å². The molecular formula is C24H27N5O3. The Morgan fingerprint density at radius 1 is 0.719 bits per heavy atom. The lowest BCUT2D eigenvalue weighted by molar-refractivity contribution is 0.0726. The average molecular weight is 434 g/mol. The number of carbonyl (C=O) groups is 2. The lowest BCUT2D eigenvalue weighted by atomic mass is 10.1. The number of hydrogen-bond donors (Lipinski definition) is 1. The zero-order chi connectivity index (χ0) is 23.4. The number of hydrogen-bond acceptors (Lipinski definition) is 7. The van der Waals surface area contributed by atoms with Gasteiger partial charge in [-0.05, 0) is 65.7 Å². The van der Waals surface area contributed by atoms with Gasteiger partial charge in [0.05, 0.1) is 34.2 Å². The molecule has 3 aromatic rings. The molecule has 0 unspecified atom stereocenters. The third kappa shape index (κ3) is 5.32. The molecule has 8 nitrogen and oxygen atoms in total. The molecule has 0 aliphatic carbocycles. The minimum Gasteiger partial charge on any atom is -0.422 e. The molecule has 0 aliphatic heterocycles. The van der Waals surface area contributed by atoms with Gasteiger partial charge in [0.1, 0.15) is 11.4 Å². The van der Waals surface area contributed by atoms with Crippen LogP contribution in [-0.4, -0.2) is 38.4 Å². The van der Waals surface area contributed by atoms with Gasteiger partial charge in [-0.25, -0.2) is 14.8 Å². The Labute approximate surface area is 187 Å². The lowest BCUT2D eigenvalue weighted by Gasteiger charge is -2.10. The molecule has 3 rings (SSSR count). The van der Waals surface area contributed by atoms with Gasteiger partial charge in [-0.1, -0.05) is 12.1 Å². The Morgan fingerprint density at radius 3 is 1.81 bits per heavy atom. The highest BCUT2D eigenvalue weighted by Gasteiger charge is 2.17. The predicted octanol–water partition coefficient (Wildman–Crippen LogP) is 3.31. The lowest BCUT2D eigenvalue weighted by Crippen LogP contribution is -2.28. The van der Waals surface area contributed by atoms with Crippen molar-refractivity contribution < 1.29 is 14.3 Å². The number of ether oxygens (including phenoxy) is 1. The van der Waals surface area contributed by atoms with Crippen molar-refractivity contribution in [2.45, 2.75) is 48.0 Å². The first-order valence-corrected chi connectivity index (χ1v) is 10.4. The molecule has 0 fully saturated rings. The van der Waals surface area contributed by atoms with Gasteiger partial charge < -0.3 is 10.1 Å². The van der Waals surface area contributed by atoms with Gasteiger partial charge >= 0.3 is 5.97 Å². The van der Waals surface area contributed by atoms with Gasteiger partial charge in [0.2, 0.25) is 0 Å². The smallest absolute Gasteiger partial charge is 0.364 e. The number of nitrogens with zero attached hydrogens (tertiary/aromatic N) is 4. The van der Waals surface area contributed by atoms with Crippen molar-refractivity contribution in [2.75, 3.05) is 6.54 Å². The maximum atomic E-state index is 12.5. The van der Waals surface area contributed by atoms with Crippen molar-refractivity contribution in [1.29, 1.82) is 0 Å². The van der Waals surface area contributed by atoms with E-state index in [0.29, 0.717) is 41.5 Å². The van der Waals surface area contributed by atoms with Gasteiger partial charge in [-0.3, -0.25) is 14.8 Å². The summed E-state index contributed by atoms with van der Waals surface area (Å²) in [7, 11) is 0. The van der Waals surface area contributed by atoms with E-state index in [1.807, 2.05) is 32.9 Å². The summed E-state index contributed by atoms with van der Waals surface area (Å²) >= 11 is 0. The first-order chi connectivity index (χ1) is 15.2. The van der Waals surface area contributed by atoms with E-state index in [1.165, 1.54) is 0 Å². The topological polar surface area (TPSA) is 107 Å². The van der Waals surface area contributed by atoms with E-state index in [1.54, 1.807) is 32.9 Å². The quantitative estimate of drug-likeness (QED) is 0.469. The molecule has 0 saturated carbocycles.